The first-order valence-electron chi connectivity index (χ1n) is 6.34. The molecule has 96 valence electrons. The Kier molecular flexibility index (Phi) is 3.86. The van der Waals surface area contributed by atoms with Crippen molar-refractivity contribution in [2.45, 2.75) is 38.1 Å². The number of rotatable bonds is 2. The Morgan fingerprint density at radius 2 is 1.82 bits per heavy atom. The highest BCUT2D eigenvalue weighted by Gasteiger charge is 2.29. The van der Waals surface area contributed by atoms with Gasteiger partial charge in [-0.2, -0.15) is 0 Å². The zero-order valence-corrected chi connectivity index (χ0v) is 10.3. The summed E-state index contributed by atoms with van der Waals surface area (Å²) in [7, 11) is 1.41. The Labute approximate surface area is 101 Å². The maximum absolute atomic E-state index is 11.8. The molecule has 1 N–H and O–H groups in total. The van der Waals surface area contributed by atoms with Gasteiger partial charge in [-0.25, -0.2) is 4.79 Å². The van der Waals surface area contributed by atoms with Crippen molar-refractivity contribution in [1.29, 1.82) is 0 Å². The first-order chi connectivity index (χ1) is 8.20. The second kappa shape index (κ2) is 5.38. The molecule has 2 amide bonds. The molecule has 5 nitrogen and oxygen atoms in total. The number of hydrogen-bond acceptors (Lipinski definition) is 3. The Bertz CT molecular complexity index is 294. The van der Waals surface area contributed by atoms with Gasteiger partial charge in [-0.15, -0.1) is 0 Å². The number of carbonyl (C=O) groups excluding carboxylic acids is 2. The number of nitrogens with zero attached hydrogens (tertiary/aromatic N) is 1. The van der Waals surface area contributed by atoms with Crippen LogP contribution in [-0.2, 0) is 9.53 Å². The number of esters is 1. The van der Waals surface area contributed by atoms with Gasteiger partial charge >= 0.3 is 12.0 Å². The van der Waals surface area contributed by atoms with Crippen molar-refractivity contribution < 1.29 is 14.3 Å². The number of amides is 2. The highest BCUT2D eigenvalue weighted by atomic mass is 16.5. The summed E-state index contributed by atoms with van der Waals surface area (Å²) in [5.74, 6) is -0.184. The van der Waals surface area contributed by atoms with Gasteiger partial charge in [0, 0.05) is 19.1 Å². The lowest BCUT2D eigenvalue weighted by Crippen LogP contribution is -2.50. The van der Waals surface area contributed by atoms with Gasteiger partial charge in [0.15, 0.2) is 0 Å². The number of nitrogens with one attached hydrogen (secondary N) is 1. The van der Waals surface area contributed by atoms with Crippen LogP contribution < -0.4 is 5.32 Å². The fourth-order valence-corrected chi connectivity index (χ4v) is 2.30. The average Bonchev–Trinajstić information content (AvgIpc) is 2.32. The minimum atomic E-state index is -0.149. The molecule has 1 saturated carbocycles. The molecule has 0 spiro atoms. The van der Waals surface area contributed by atoms with Crippen molar-refractivity contribution in [2.24, 2.45) is 5.92 Å². The summed E-state index contributed by atoms with van der Waals surface area (Å²) in [6.07, 6.45) is 4.85. The molecule has 2 fully saturated rings. The third-order valence-electron chi connectivity index (χ3n) is 3.75. The average molecular weight is 240 g/mol. The molecule has 0 atom stereocenters. The second-order valence-electron chi connectivity index (χ2n) is 4.86. The largest absolute Gasteiger partial charge is 0.469 e. The van der Waals surface area contributed by atoms with Crippen molar-refractivity contribution in [2.75, 3.05) is 20.2 Å². The summed E-state index contributed by atoms with van der Waals surface area (Å²) in [4.78, 5) is 25.0. The maximum atomic E-state index is 11.8. The van der Waals surface area contributed by atoms with Crippen LogP contribution in [0.1, 0.15) is 32.1 Å². The molecule has 2 rings (SSSR count). The molecule has 5 heteroatoms. The van der Waals surface area contributed by atoms with Gasteiger partial charge in [-0.1, -0.05) is 0 Å². The molecule has 17 heavy (non-hydrogen) atoms. The molecule has 0 radical (unpaired) electrons. The number of hydrogen-bond donors (Lipinski definition) is 1. The van der Waals surface area contributed by atoms with Gasteiger partial charge in [-0.3, -0.25) is 4.79 Å². The fraction of sp³-hybridized carbons (Fsp3) is 0.833. The highest BCUT2D eigenvalue weighted by Crippen LogP contribution is 2.21. The SMILES string of the molecule is COC(=O)C1CCN(C(=O)NC2CCC2)CC1. The second-order valence-corrected chi connectivity index (χ2v) is 4.86. The van der Waals surface area contributed by atoms with Crippen LogP contribution in [0.5, 0.6) is 0 Å². The minimum Gasteiger partial charge on any atom is -0.469 e. The van der Waals surface area contributed by atoms with Crippen LogP contribution in [-0.4, -0.2) is 43.1 Å². The Morgan fingerprint density at radius 3 is 2.29 bits per heavy atom. The summed E-state index contributed by atoms with van der Waals surface area (Å²) in [5.41, 5.74) is 0. The van der Waals surface area contributed by atoms with Crippen molar-refractivity contribution in [3.05, 3.63) is 0 Å². The lowest BCUT2D eigenvalue weighted by atomic mass is 9.93. The predicted octanol–water partition coefficient (Wildman–Crippen LogP) is 1.13. The number of likely N-dealkylation sites (tertiary alicyclic amines) is 1. The van der Waals surface area contributed by atoms with E-state index in [0.717, 1.165) is 12.8 Å². The van der Waals surface area contributed by atoms with Crippen LogP contribution in [0.3, 0.4) is 0 Å². The van der Waals surface area contributed by atoms with E-state index in [1.807, 2.05) is 0 Å². The van der Waals surface area contributed by atoms with Gasteiger partial charge in [0.1, 0.15) is 0 Å². The van der Waals surface area contributed by atoms with E-state index in [1.165, 1.54) is 13.5 Å². The molecule has 0 aromatic heterocycles. The van der Waals surface area contributed by atoms with Crippen molar-refractivity contribution in [1.82, 2.24) is 10.2 Å². The van der Waals surface area contributed by atoms with E-state index in [1.54, 1.807) is 4.90 Å². The molecule has 0 aromatic rings. The molecular weight excluding hydrogens is 220 g/mol. The summed E-state index contributed by atoms with van der Waals surface area (Å²) >= 11 is 0. The molecule has 0 aromatic carbocycles. The molecule has 0 unspecified atom stereocenters. The number of ether oxygens (including phenoxy) is 1. The van der Waals surface area contributed by atoms with E-state index in [2.05, 4.69) is 5.32 Å². The van der Waals surface area contributed by atoms with Gasteiger partial charge in [0.05, 0.1) is 13.0 Å². The van der Waals surface area contributed by atoms with E-state index in [4.69, 9.17) is 4.74 Å². The van der Waals surface area contributed by atoms with E-state index < -0.39 is 0 Å². The molecule has 0 bridgehead atoms. The first kappa shape index (κ1) is 12.2. The topological polar surface area (TPSA) is 58.6 Å². The fourth-order valence-electron chi connectivity index (χ4n) is 2.30. The third-order valence-corrected chi connectivity index (χ3v) is 3.75. The number of carbonyl (C=O) groups is 2. The van der Waals surface area contributed by atoms with Crippen molar-refractivity contribution >= 4 is 12.0 Å². The monoisotopic (exact) mass is 240 g/mol. The molecule has 1 heterocycles. The third kappa shape index (κ3) is 2.90. The van der Waals surface area contributed by atoms with Crippen molar-refractivity contribution in [3.8, 4) is 0 Å². The van der Waals surface area contributed by atoms with Crippen LogP contribution in [0.2, 0.25) is 0 Å². The van der Waals surface area contributed by atoms with Gasteiger partial charge < -0.3 is 15.0 Å². The number of methoxy groups -OCH3 is 1. The first-order valence-corrected chi connectivity index (χ1v) is 6.34. The normalized spacial score (nSPS) is 21.8. The van der Waals surface area contributed by atoms with Crippen LogP contribution in [0.15, 0.2) is 0 Å². The Hall–Kier alpha value is -1.26. The standard InChI is InChI=1S/C12H20N2O3/c1-17-11(15)9-5-7-14(8-6-9)12(16)13-10-3-2-4-10/h9-10H,2-8H2,1H3,(H,13,16). The smallest absolute Gasteiger partial charge is 0.317 e. The zero-order valence-electron chi connectivity index (χ0n) is 10.3. The summed E-state index contributed by atoms with van der Waals surface area (Å²) in [5, 5.41) is 3.01. The molecule has 1 aliphatic heterocycles. The minimum absolute atomic E-state index is 0.0259. The van der Waals surface area contributed by atoms with Crippen LogP contribution in [0, 0.1) is 5.92 Å². The predicted molar refractivity (Wildman–Crippen MR) is 62.5 cm³/mol. The van der Waals surface area contributed by atoms with E-state index in [9.17, 15) is 9.59 Å². The van der Waals surface area contributed by atoms with Crippen molar-refractivity contribution in [3.63, 3.8) is 0 Å². The summed E-state index contributed by atoms with van der Waals surface area (Å²) in [6.45, 7) is 1.30. The zero-order chi connectivity index (χ0) is 12.3. The van der Waals surface area contributed by atoms with Crippen LogP contribution >= 0.6 is 0 Å². The van der Waals surface area contributed by atoms with Gasteiger partial charge in [0.25, 0.3) is 0 Å². The quantitative estimate of drug-likeness (QED) is 0.736. The van der Waals surface area contributed by atoms with Crippen LogP contribution in [0.25, 0.3) is 0 Å². The molecule has 2 aliphatic rings. The highest BCUT2D eigenvalue weighted by molar-refractivity contribution is 5.76. The maximum Gasteiger partial charge on any atom is 0.317 e. The number of piperidine rings is 1. The van der Waals surface area contributed by atoms with Gasteiger partial charge in [0.2, 0.25) is 0 Å². The Balaban J connectivity index is 1.74. The van der Waals surface area contributed by atoms with Crippen LogP contribution in [0.4, 0.5) is 4.79 Å². The lowest BCUT2D eigenvalue weighted by Gasteiger charge is -2.34. The molecule has 1 saturated heterocycles. The summed E-state index contributed by atoms with van der Waals surface area (Å²) in [6, 6.07) is 0.402. The van der Waals surface area contributed by atoms with E-state index in [-0.39, 0.29) is 17.9 Å². The van der Waals surface area contributed by atoms with E-state index >= 15 is 0 Å². The lowest BCUT2D eigenvalue weighted by molar-refractivity contribution is -0.146. The molecule has 1 aliphatic carbocycles. The molecular formula is C12H20N2O3. The number of urea groups is 1. The van der Waals surface area contributed by atoms with Gasteiger partial charge in [-0.05, 0) is 32.1 Å². The Morgan fingerprint density at radius 1 is 1.18 bits per heavy atom. The summed E-state index contributed by atoms with van der Waals surface area (Å²) < 4.78 is 4.72. The van der Waals surface area contributed by atoms with E-state index in [0.29, 0.717) is 32.0 Å².